The lowest BCUT2D eigenvalue weighted by molar-refractivity contribution is 0.418. The fourth-order valence-electron chi connectivity index (χ4n) is 1.57. The molecule has 1 aromatic rings. The number of nitrogens with zero attached hydrogens (tertiary/aromatic N) is 2. The van der Waals surface area contributed by atoms with Crippen LogP contribution in [0.3, 0.4) is 0 Å². The highest BCUT2D eigenvalue weighted by Crippen LogP contribution is 2.18. The standard InChI is InChI=1S/C12H19N3S/c1-12(2,3)8-15(4)10-7-5-6-9(14-10)11(13)16/h5-7H,8H2,1-4H3,(H2,13,16). The molecule has 0 bridgehead atoms. The van der Waals surface area contributed by atoms with Gasteiger partial charge in [-0.2, -0.15) is 0 Å². The minimum Gasteiger partial charge on any atom is -0.388 e. The quantitative estimate of drug-likeness (QED) is 0.818. The van der Waals surface area contributed by atoms with Crippen LogP contribution in [0.5, 0.6) is 0 Å². The lowest BCUT2D eigenvalue weighted by Gasteiger charge is -2.27. The Kier molecular flexibility index (Phi) is 3.86. The molecule has 0 saturated heterocycles. The van der Waals surface area contributed by atoms with Gasteiger partial charge in [0.15, 0.2) is 0 Å². The molecule has 88 valence electrons. The fourth-order valence-corrected chi connectivity index (χ4v) is 1.68. The van der Waals surface area contributed by atoms with E-state index in [9.17, 15) is 0 Å². The average Bonchev–Trinajstić information content (AvgIpc) is 2.15. The van der Waals surface area contributed by atoms with Crippen LogP contribution >= 0.6 is 12.2 Å². The number of hydrogen-bond acceptors (Lipinski definition) is 3. The zero-order valence-electron chi connectivity index (χ0n) is 10.3. The highest BCUT2D eigenvalue weighted by atomic mass is 32.1. The van der Waals surface area contributed by atoms with Crippen molar-refractivity contribution in [1.29, 1.82) is 0 Å². The fraction of sp³-hybridized carbons (Fsp3) is 0.500. The first kappa shape index (κ1) is 12.9. The Hall–Kier alpha value is -1.16. The average molecular weight is 237 g/mol. The normalized spacial score (nSPS) is 11.2. The number of thiocarbonyl (C=S) groups is 1. The molecule has 1 rings (SSSR count). The van der Waals surface area contributed by atoms with Gasteiger partial charge in [-0.25, -0.2) is 4.98 Å². The molecule has 0 atom stereocenters. The molecule has 0 amide bonds. The van der Waals surface area contributed by atoms with E-state index in [1.54, 1.807) is 0 Å². The molecule has 0 aliphatic heterocycles. The number of anilines is 1. The number of rotatable bonds is 3. The van der Waals surface area contributed by atoms with Crippen molar-refractivity contribution in [2.45, 2.75) is 20.8 Å². The molecule has 0 spiro atoms. The third-order valence-electron chi connectivity index (χ3n) is 2.09. The SMILES string of the molecule is CN(CC(C)(C)C)c1cccc(C(N)=S)n1. The molecule has 16 heavy (non-hydrogen) atoms. The van der Waals surface area contributed by atoms with E-state index in [0.29, 0.717) is 10.7 Å². The van der Waals surface area contributed by atoms with Crippen LogP contribution in [-0.2, 0) is 0 Å². The molecule has 0 saturated carbocycles. The Morgan fingerprint density at radius 2 is 2.06 bits per heavy atom. The molecule has 0 radical (unpaired) electrons. The van der Waals surface area contributed by atoms with E-state index in [2.05, 4.69) is 30.7 Å². The van der Waals surface area contributed by atoms with Crippen molar-refractivity contribution in [2.24, 2.45) is 11.1 Å². The summed E-state index contributed by atoms with van der Waals surface area (Å²) in [6.45, 7) is 7.52. The van der Waals surface area contributed by atoms with Crippen LogP contribution in [0.2, 0.25) is 0 Å². The maximum atomic E-state index is 5.56. The van der Waals surface area contributed by atoms with Crippen molar-refractivity contribution in [3.63, 3.8) is 0 Å². The van der Waals surface area contributed by atoms with Crippen LogP contribution in [0.1, 0.15) is 26.5 Å². The van der Waals surface area contributed by atoms with Gasteiger partial charge in [-0.05, 0) is 17.5 Å². The Labute approximate surface area is 103 Å². The van der Waals surface area contributed by atoms with Gasteiger partial charge >= 0.3 is 0 Å². The van der Waals surface area contributed by atoms with Gasteiger partial charge in [-0.1, -0.05) is 39.1 Å². The van der Waals surface area contributed by atoms with Gasteiger partial charge in [0.1, 0.15) is 10.8 Å². The summed E-state index contributed by atoms with van der Waals surface area (Å²) >= 11 is 4.91. The van der Waals surface area contributed by atoms with Crippen LogP contribution in [-0.4, -0.2) is 23.6 Å². The summed E-state index contributed by atoms with van der Waals surface area (Å²) in [6, 6.07) is 5.72. The first-order valence-electron chi connectivity index (χ1n) is 5.27. The zero-order valence-corrected chi connectivity index (χ0v) is 11.1. The van der Waals surface area contributed by atoms with Crippen LogP contribution in [0, 0.1) is 5.41 Å². The second-order valence-corrected chi connectivity index (χ2v) is 5.60. The molecule has 0 aliphatic rings. The summed E-state index contributed by atoms with van der Waals surface area (Å²) in [5.41, 5.74) is 6.47. The molecule has 0 aliphatic carbocycles. The molecular formula is C12H19N3S. The van der Waals surface area contributed by atoms with Gasteiger partial charge in [-0.3, -0.25) is 0 Å². The summed E-state index contributed by atoms with van der Waals surface area (Å²) < 4.78 is 0. The minimum absolute atomic E-state index is 0.232. The monoisotopic (exact) mass is 237 g/mol. The Morgan fingerprint density at radius 3 is 2.56 bits per heavy atom. The van der Waals surface area contributed by atoms with Crippen LogP contribution in [0.4, 0.5) is 5.82 Å². The third-order valence-corrected chi connectivity index (χ3v) is 2.30. The summed E-state index contributed by atoms with van der Waals surface area (Å²) in [5.74, 6) is 0.903. The summed E-state index contributed by atoms with van der Waals surface area (Å²) in [6.07, 6.45) is 0. The van der Waals surface area contributed by atoms with Crippen molar-refractivity contribution in [3.8, 4) is 0 Å². The molecular weight excluding hydrogens is 218 g/mol. The Morgan fingerprint density at radius 1 is 1.44 bits per heavy atom. The molecule has 3 nitrogen and oxygen atoms in total. The Balaban J connectivity index is 2.87. The van der Waals surface area contributed by atoms with Gasteiger partial charge in [-0.15, -0.1) is 0 Å². The maximum Gasteiger partial charge on any atom is 0.129 e. The lowest BCUT2D eigenvalue weighted by atomic mass is 9.96. The molecule has 1 aromatic heterocycles. The highest BCUT2D eigenvalue weighted by molar-refractivity contribution is 7.80. The number of nitrogens with two attached hydrogens (primary N) is 1. The molecule has 4 heteroatoms. The van der Waals surface area contributed by atoms with Crippen molar-refractivity contribution >= 4 is 23.0 Å². The number of hydrogen-bond donors (Lipinski definition) is 1. The predicted molar refractivity (Wildman–Crippen MR) is 72.8 cm³/mol. The van der Waals surface area contributed by atoms with Crippen molar-refractivity contribution < 1.29 is 0 Å². The summed E-state index contributed by atoms with van der Waals surface area (Å²) in [4.78, 5) is 6.87. The Bertz CT molecular complexity index is 382. The largest absolute Gasteiger partial charge is 0.388 e. The van der Waals surface area contributed by atoms with Crippen molar-refractivity contribution in [2.75, 3.05) is 18.5 Å². The van der Waals surface area contributed by atoms with E-state index in [-0.39, 0.29) is 5.41 Å². The third kappa shape index (κ3) is 3.77. The van der Waals surface area contributed by atoms with E-state index in [0.717, 1.165) is 12.4 Å². The zero-order chi connectivity index (χ0) is 12.3. The smallest absolute Gasteiger partial charge is 0.129 e. The number of pyridine rings is 1. The van der Waals surface area contributed by atoms with E-state index in [1.807, 2.05) is 25.2 Å². The summed E-state index contributed by atoms with van der Waals surface area (Å²) in [7, 11) is 2.02. The van der Waals surface area contributed by atoms with Crippen LogP contribution in [0.25, 0.3) is 0 Å². The van der Waals surface area contributed by atoms with E-state index in [4.69, 9.17) is 18.0 Å². The molecule has 0 aromatic carbocycles. The van der Waals surface area contributed by atoms with Gasteiger partial charge < -0.3 is 10.6 Å². The van der Waals surface area contributed by atoms with E-state index in [1.165, 1.54) is 0 Å². The van der Waals surface area contributed by atoms with Crippen LogP contribution < -0.4 is 10.6 Å². The first-order chi connectivity index (χ1) is 7.29. The molecule has 2 N–H and O–H groups in total. The van der Waals surface area contributed by atoms with Crippen LogP contribution in [0.15, 0.2) is 18.2 Å². The van der Waals surface area contributed by atoms with Gasteiger partial charge in [0.25, 0.3) is 0 Å². The van der Waals surface area contributed by atoms with Crippen molar-refractivity contribution in [1.82, 2.24) is 4.98 Å². The second-order valence-electron chi connectivity index (χ2n) is 5.16. The molecule has 1 heterocycles. The lowest BCUT2D eigenvalue weighted by Crippen LogP contribution is -2.30. The van der Waals surface area contributed by atoms with Gasteiger partial charge in [0.2, 0.25) is 0 Å². The topological polar surface area (TPSA) is 42.1 Å². The second kappa shape index (κ2) is 4.78. The predicted octanol–water partition coefficient (Wildman–Crippen LogP) is 2.20. The van der Waals surface area contributed by atoms with E-state index >= 15 is 0 Å². The van der Waals surface area contributed by atoms with Gasteiger partial charge in [0, 0.05) is 13.6 Å². The molecule has 0 fully saturated rings. The first-order valence-corrected chi connectivity index (χ1v) is 5.68. The molecule has 0 unspecified atom stereocenters. The highest BCUT2D eigenvalue weighted by Gasteiger charge is 2.14. The van der Waals surface area contributed by atoms with Gasteiger partial charge in [0.05, 0.1) is 5.69 Å². The minimum atomic E-state index is 0.232. The maximum absolute atomic E-state index is 5.56. The van der Waals surface area contributed by atoms with Crippen molar-refractivity contribution in [3.05, 3.63) is 23.9 Å². The summed E-state index contributed by atoms with van der Waals surface area (Å²) in [5, 5.41) is 0. The van der Waals surface area contributed by atoms with E-state index < -0.39 is 0 Å². The number of aromatic nitrogens is 1.